The quantitative estimate of drug-likeness (QED) is 0.679. The summed E-state index contributed by atoms with van der Waals surface area (Å²) in [5, 5.41) is 11.5. The number of amides is 1. The fraction of sp³-hybridized carbons (Fsp3) is 0.227. The zero-order chi connectivity index (χ0) is 21.1. The molecule has 0 spiro atoms. The second-order valence-corrected chi connectivity index (χ2v) is 6.81. The molecule has 0 fully saturated rings. The lowest BCUT2D eigenvalue weighted by Crippen LogP contribution is -2.29. The molecule has 0 unspecified atom stereocenters. The summed E-state index contributed by atoms with van der Waals surface area (Å²) in [4.78, 5) is 18.3. The van der Waals surface area contributed by atoms with Crippen molar-refractivity contribution in [2.75, 3.05) is 19.5 Å². The molecule has 154 valence electrons. The van der Waals surface area contributed by atoms with Crippen LogP contribution in [0.3, 0.4) is 0 Å². The van der Waals surface area contributed by atoms with E-state index >= 15 is 0 Å². The van der Waals surface area contributed by atoms with Crippen molar-refractivity contribution in [2.24, 2.45) is 5.16 Å². The molecule has 3 aromatic rings. The van der Waals surface area contributed by atoms with Gasteiger partial charge in [0.25, 0.3) is 5.91 Å². The third-order valence-electron chi connectivity index (χ3n) is 4.76. The first kappa shape index (κ1) is 19.5. The van der Waals surface area contributed by atoms with Gasteiger partial charge in [0, 0.05) is 18.1 Å². The zero-order valence-corrected chi connectivity index (χ0v) is 17.0. The topological polar surface area (TPSA) is 87.0 Å². The third kappa shape index (κ3) is 3.84. The molecule has 2 heterocycles. The van der Waals surface area contributed by atoms with Crippen molar-refractivity contribution >= 4 is 17.4 Å². The van der Waals surface area contributed by atoms with Gasteiger partial charge in [0.05, 0.1) is 31.3 Å². The first-order valence-corrected chi connectivity index (χ1v) is 9.47. The Kier molecular flexibility index (Phi) is 5.38. The van der Waals surface area contributed by atoms with E-state index in [0.717, 1.165) is 16.9 Å². The summed E-state index contributed by atoms with van der Waals surface area (Å²) in [7, 11) is 3.17. The van der Waals surface area contributed by atoms with Gasteiger partial charge >= 0.3 is 0 Å². The van der Waals surface area contributed by atoms with E-state index in [0.29, 0.717) is 29.4 Å². The Bertz CT molecular complexity index is 1090. The van der Waals surface area contributed by atoms with Crippen LogP contribution in [0.15, 0.2) is 59.8 Å². The molecule has 1 aliphatic heterocycles. The number of ether oxygens (including phenoxy) is 2. The summed E-state index contributed by atoms with van der Waals surface area (Å²) in [6.45, 7) is 1.87. The molecule has 1 atom stereocenters. The van der Waals surface area contributed by atoms with Crippen LogP contribution in [0.4, 0.5) is 5.82 Å². The number of aromatic nitrogens is 2. The number of benzene rings is 2. The van der Waals surface area contributed by atoms with E-state index in [2.05, 4.69) is 15.6 Å². The second-order valence-electron chi connectivity index (χ2n) is 6.81. The lowest BCUT2D eigenvalue weighted by atomic mass is 10.0. The number of carbonyl (C=O) groups excluding carboxylic acids is 1. The molecule has 8 nitrogen and oxygen atoms in total. The normalized spacial score (nSPS) is 15.3. The standard InChI is InChI=1S/C22H22N4O4/c1-14-11-21(26(24-14)15-7-5-4-6-8-15)23-22(27)20-13-18(25-30-20)17-12-16(28-2)9-10-19(17)29-3/h4-12,20H,13H2,1-3H3,(H,23,27)/t20-/m1/s1. The van der Waals surface area contributed by atoms with Crippen molar-refractivity contribution in [3.8, 4) is 17.2 Å². The van der Waals surface area contributed by atoms with Gasteiger partial charge in [-0.2, -0.15) is 5.10 Å². The van der Waals surface area contributed by atoms with Crippen LogP contribution in [-0.4, -0.2) is 41.7 Å². The van der Waals surface area contributed by atoms with Gasteiger partial charge < -0.3 is 19.6 Å². The Balaban J connectivity index is 1.50. The van der Waals surface area contributed by atoms with E-state index in [1.165, 1.54) is 0 Å². The van der Waals surface area contributed by atoms with E-state index in [1.807, 2.05) is 49.4 Å². The number of nitrogens with one attached hydrogen (secondary N) is 1. The average molecular weight is 406 g/mol. The Morgan fingerprint density at radius 2 is 1.93 bits per heavy atom. The molecule has 30 heavy (non-hydrogen) atoms. The van der Waals surface area contributed by atoms with Crippen molar-refractivity contribution in [2.45, 2.75) is 19.4 Å². The molecule has 1 aliphatic rings. The summed E-state index contributed by atoms with van der Waals surface area (Å²) in [5.74, 6) is 1.58. The minimum Gasteiger partial charge on any atom is -0.497 e. The maximum Gasteiger partial charge on any atom is 0.269 e. The van der Waals surface area contributed by atoms with Gasteiger partial charge in [-0.3, -0.25) is 4.79 Å². The highest BCUT2D eigenvalue weighted by Gasteiger charge is 2.31. The van der Waals surface area contributed by atoms with Crippen LogP contribution in [0, 0.1) is 6.92 Å². The number of hydrogen-bond acceptors (Lipinski definition) is 6. The average Bonchev–Trinajstić information content (AvgIpc) is 3.41. The molecule has 1 amide bonds. The van der Waals surface area contributed by atoms with Crippen LogP contribution in [-0.2, 0) is 9.63 Å². The van der Waals surface area contributed by atoms with Gasteiger partial charge in [-0.15, -0.1) is 0 Å². The summed E-state index contributed by atoms with van der Waals surface area (Å²) < 4.78 is 12.4. The van der Waals surface area contributed by atoms with Crippen molar-refractivity contribution in [3.63, 3.8) is 0 Å². The van der Waals surface area contributed by atoms with Gasteiger partial charge in [0.2, 0.25) is 6.10 Å². The molecule has 0 saturated heterocycles. The smallest absolute Gasteiger partial charge is 0.269 e. The third-order valence-corrected chi connectivity index (χ3v) is 4.76. The number of aryl methyl sites for hydroxylation is 1. The molecule has 1 N–H and O–H groups in total. The monoisotopic (exact) mass is 406 g/mol. The number of para-hydroxylation sites is 1. The van der Waals surface area contributed by atoms with Gasteiger partial charge in [-0.05, 0) is 37.3 Å². The number of anilines is 1. The van der Waals surface area contributed by atoms with Crippen molar-refractivity contribution < 1.29 is 19.1 Å². The Morgan fingerprint density at radius 1 is 1.13 bits per heavy atom. The molecule has 2 aromatic carbocycles. The first-order valence-electron chi connectivity index (χ1n) is 9.47. The van der Waals surface area contributed by atoms with Crippen LogP contribution in [0.2, 0.25) is 0 Å². The highest BCUT2D eigenvalue weighted by atomic mass is 16.6. The predicted molar refractivity (Wildman–Crippen MR) is 113 cm³/mol. The van der Waals surface area contributed by atoms with Crippen LogP contribution in [0.25, 0.3) is 5.69 Å². The van der Waals surface area contributed by atoms with Gasteiger partial charge in [0.1, 0.15) is 17.3 Å². The number of oxime groups is 1. The Hall–Kier alpha value is -3.81. The highest BCUT2D eigenvalue weighted by molar-refractivity contribution is 6.07. The van der Waals surface area contributed by atoms with Gasteiger partial charge in [-0.25, -0.2) is 4.68 Å². The highest BCUT2D eigenvalue weighted by Crippen LogP contribution is 2.29. The maximum absolute atomic E-state index is 12.9. The first-order chi connectivity index (χ1) is 14.6. The Labute approximate surface area is 174 Å². The van der Waals surface area contributed by atoms with E-state index < -0.39 is 6.10 Å². The summed E-state index contributed by atoms with van der Waals surface area (Å²) in [5.41, 5.74) is 3.00. The van der Waals surface area contributed by atoms with Crippen LogP contribution >= 0.6 is 0 Å². The molecular weight excluding hydrogens is 384 g/mol. The zero-order valence-electron chi connectivity index (χ0n) is 17.0. The number of hydrogen-bond donors (Lipinski definition) is 1. The molecule has 0 aliphatic carbocycles. The van der Waals surface area contributed by atoms with E-state index in [1.54, 1.807) is 31.0 Å². The van der Waals surface area contributed by atoms with Crippen molar-refractivity contribution in [3.05, 3.63) is 65.9 Å². The number of methoxy groups -OCH3 is 2. The fourth-order valence-electron chi connectivity index (χ4n) is 3.28. The lowest BCUT2D eigenvalue weighted by Gasteiger charge is -2.12. The predicted octanol–water partition coefficient (Wildman–Crippen LogP) is 3.33. The number of carbonyl (C=O) groups is 1. The van der Waals surface area contributed by atoms with Crippen LogP contribution in [0.1, 0.15) is 17.7 Å². The van der Waals surface area contributed by atoms with E-state index in [9.17, 15) is 4.79 Å². The number of rotatable bonds is 6. The minimum absolute atomic E-state index is 0.298. The SMILES string of the molecule is COc1ccc(OC)c(C2=NO[C@@H](C(=O)Nc3cc(C)nn3-c3ccccc3)C2)c1. The second kappa shape index (κ2) is 8.28. The van der Waals surface area contributed by atoms with Crippen molar-refractivity contribution in [1.82, 2.24) is 9.78 Å². The molecular formula is C22H22N4O4. The minimum atomic E-state index is -0.754. The van der Waals surface area contributed by atoms with Gasteiger partial charge in [0.15, 0.2) is 0 Å². The molecule has 8 heteroatoms. The van der Waals surface area contributed by atoms with E-state index in [4.69, 9.17) is 14.3 Å². The number of nitrogens with zero attached hydrogens (tertiary/aromatic N) is 3. The van der Waals surface area contributed by atoms with Crippen LogP contribution in [0.5, 0.6) is 11.5 Å². The fourth-order valence-corrected chi connectivity index (χ4v) is 3.28. The van der Waals surface area contributed by atoms with Gasteiger partial charge in [-0.1, -0.05) is 23.4 Å². The van der Waals surface area contributed by atoms with Crippen molar-refractivity contribution in [1.29, 1.82) is 0 Å². The molecule has 1 aromatic heterocycles. The molecule has 0 radical (unpaired) electrons. The summed E-state index contributed by atoms with van der Waals surface area (Å²) in [6.07, 6.45) is -0.441. The summed E-state index contributed by atoms with van der Waals surface area (Å²) in [6, 6.07) is 16.8. The summed E-state index contributed by atoms with van der Waals surface area (Å²) >= 11 is 0. The maximum atomic E-state index is 12.9. The Morgan fingerprint density at radius 3 is 2.67 bits per heavy atom. The molecule has 4 rings (SSSR count). The van der Waals surface area contributed by atoms with E-state index in [-0.39, 0.29) is 5.91 Å². The van der Waals surface area contributed by atoms with Crippen LogP contribution < -0.4 is 14.8 Å². The lowest BCUT2D eigenvalue weighted by molar-refractivity contribution is -0.125. The molecule has 0 saturated carbocycles. The largest absolute Gasteiger partial charge is 0.497 e. The molecule has 0 bridgehead atoms.